The maximum atomic E-state index is 12.8. The summed E-state index contributed by atoms with van der Waals surface area (Å²) in [6.07, 6.45) is -1.66. The molecule has 2 heterocycles. The molecule has 1 N–H and O–H groups in total. The molecular weight excluding hydrogens is 505 g/mol. The van der Waals surface area contributed by atoms with E-state index in [0.717, 1.165) is 38.1 Å². The number of ether oxygens (including phenoxy) is 3. The Kier molecular flexibility index (Phi) is 8.37. The van der Waals surface area contributed by atoms with Crippen molar-refractivity contribution in [3.8, 4) is 0 Å². The number of aliphatic carboxylic acids is 1. The van der Waals surface area contributed by atoms with Gasteiger partial charge in [-0.3, -0.25) is 0 Å². The molecule has 2 aromatic rings. The normalized spacial score (nSPS) is 14.2. The number of aromatic nitrogens is 1. The van der Waals surface area contributed by atoms with Crippen molar-refractivity contribution in [1.82, 2.24) is 4.98 Å². The van der Waals surface area contributed by atoms with Gasteiger partial charge < -0.3 is 24.2 Å². The highest BCUT2D eigenvalue weighted by atomic mass is 32.2. The van der Waals surface area contributed by atoms with E-state index >= 15 is 0 Å². The minimum Gasteiger partial charge on any atom is -0.478 e. The molecule has 1 aromatic carbocycles. The number of carbonyl (C=O) groups excluding carboxylic acids is 2. The molecule has 0 aliphatic carbocycles. The number of benzene rings is 1. The van der Waals surface area contributed by atoms with E-state index in [1.165, 1.54) is 23.1 Å². The number of methoxy groups -OCH3 is 2. The zero-order chi connectivity index (χ0) is 26.5. The Morgan fingerprint density at radius 1 is 1.14 bits per heavy atom. The Bertz CT molecular complexity index is 1230. The Labute approximate surface area is 207 Å². The van der Waals surface area contributed by atoms with Crippen molar-refractivity contribution in [3.63, 3.8) is 0 Å². The van der Waals surface area contributed by atoms with Crippen molar-refractivity contribution in [2.24, 2.45) is 0 Å². The van der Waals surface area contributed by atoms with Gasteiger partial charge in [-0.1, -0.05) is 11.8 Å². The molecule has 0 bridgehead atoms. The monoisotopic (exact) mass is 524 g/mol. The van der Waals surface area contributed by atoms with E-state index in [-0.39, 0.29) is 29.6 Å². The highest BCUT2D eigenvalue weighted by molar-refractivity contribution is 7.99. The summed E-state index contributed by atoms with van der Waals surface area (Å²) in [5.74, 6) is -2.83. The molecule has 0 spiro atoms. The molecule has 3 rings (SSSR count). The molecule has 0 amide bonds. The third-order valence-corrected chi connectivity index (χ3v) is 5.86. The van der Waals surface area contributed by atoms with Gasteiger partial charge in [0.1, 0.15) is 17.5 Å². The highest BCUT2D eigenvalue weighted by Gasteiger charge is 2.33. The highest BCUT2D eigenvalue weighted by Crippen LogP contribution is 2.36. The molecule has 0 radical (unpaired) electrons. The standard InChI is InChI=1S/C23H19F3N2O7S/c1-33-21(31)16-11-35-12-28(20(16)22(32)34-2)15-5-6-17(13(9-15)3-8-19(29)30)36-18-7-4-14(10-27-18)23(24,25)26/h3-10H,11-12H2,1-2H3,(H,29,30). The Morgan fingerprint density at radius 3 is 2.44 bits per heavy atom. The number of nitrogens with zero attached hydrogens (tertiary/aromatic N) is 2. The van der Waals surface area contributed by atoms with E-state index in [0.29, 0.717) is 22.3 Å². The lowest BCUT2D eigenvalue weighted by Gasteiger charge is -2.31. The lowest BCUT2D eigenvalue weighted by Crippen LogP contribution is -2.38. The third-order valence-electron chi connectivity index (χ3n) is 4.82. The number of pyridine rings is 1. The van der Waals surface area contributed by atoms with Crippen molar-refractivity contribution < 1.29 is 46.9 Å². The maximum absolute atomic E-state index is 12.8. The topological polar surface area (TPSA) is 115 Å². The Balaban J connectivity index is 2.04. The molecule has 1 aliphatic rings. The number of anilines is 1. The predicted octanol–water partition coefficient (Wildman–Crippen LogP) is 3.74. The van der Waals surface area contributed by atoms with Gasteiger partial charge in [0.2, 0.25) is 0 Å². The van der Waals surface area contributed by atoms with E-state index < -0.39 is 29.6 Å². The molecule has 9 nitrogen and oxygen atoms in total. The minimum atomic E-state index is -4.53. The average Bonchev–Trinajstić information content (AvgIpc) is 2.86. The van der Waals surface area contributed by atoms with Gasteiger partial charge in [0.15, 0.2) is 0 Å². The number of carboxylic acid groups (broad SMARTS) is 1. The van der Waals surface area contributed by atoms with Crippen LogP contribution in [0.5, 0.6) is 0 Å². The van der Waals surface area contributed by atoms with Crippen LogP contribution in [0.2, 0.25) is 0 Å². The summed E-state index contributed by atoms with van der Waals surface area (Å²) >= 11 is 1.01. The number of carbonyl (C=O) groups is 3. The first kappa shape index (κ1) is 26.8. The van der Waals surface area contributed by atoms with Crippen molar-refractivity contribution in [2.75, 3.05) is 32.5 Å². The molecule has 0 atom stereocenters. The van der Waals surface area contributed by atoms with Crippen molar-refractivity contribution in [1.29, 1.82) is 0 Å². The molecule has 13 heteroatoms. The summed E-state index contributed by atoms with van der Waals surface area (Å²) < 4.78 is 53.5. The summed E-state index contributed by atoms with van der Waals surface area (Å²) in [5.41, 5.74) is -0.358. The first-order valence-electron chi connectivity index (χ1n) is 10.1. The summed E-state index contributed by atoms with van der Waals surface area (Å²) in [6, 6.07) is 6.76. The van der Waals surface area contributed by atoms with Crippen LogP contribution in [0.1, 0.15) is 11.1 Å². The van der Waals surface area contributed by atoms with Crippen molar-refractivity contribution >= 4 is 41.4 Å². The van der Waals surface area contributed by atoms with Crippen molar-refractivity contribution in [2.45, 2.75) is 16.1 Å². The van der Waals surface area contributed by atoms with Gasteiger partial charge in [0.25, 0.3) is 0 Å². The summed E-state index contributed by atoms with van der Waals surface area (Å²) in [4.78, 5) is 41.5. The average molecular weight is 524 g/mol. The second kappa shape index (κ2) is 11.3. The first-order chi connectivity index (χ1) is 17.0. The number of hydrogen-bond acceptors (Lipinski definition) is 9. The maximum Gasteiger partial charge on any atom is 0.417 e. The van der Waals surface area contributed by atoms with E-state index in [1.54, 1.807) is 12.1 Å². The first-order valence-corrected chi connectivity index (χ1v) is 10.9. The van der Waals surface area contributed by atoms with Gasteiger partial charge in [-0.2, -0.15) is 13.2 Å². The number of esters is 2. The number of carboxylic acids is 1. The van der Waals surface area contributed by atoms with E-state index in [4.69, 9.17) is 19.3 Å². The molecular formula is C23H19F3N2O7S. The van der Waals surface area contributed by atoms with Gasteiger partial charge in [0, 0.05) is 22.9 Å². The van der Waals surface area contributed by atoms with Crippen LogP contribution in [0.25, 0.3) is 6.08 Å². The lowest BCUT2D eigenvalue weighted by molar-refractivity contribution is -0.140. The fourth-order valence-corrected chi connectivity index (χ4v) is 4.00. The van der Waals surface area contributed by atoms with Crippen molar-refractivity contribution in [3.05, 3.63) is 65.0 Å². The second-order valence-electron chi connectivity index (χ2n) is 7.09. The number of alkyl halides is 3. The van der Waals surface area contributed by atoms with Gasteiger partial charge >= 0.3 is 24.1 Å². The molecule has 0 saturated heterocycles. The Morgan fingerprint density at radius 2 is 1.86 bits per heavy atom. The zero-order valence-corrected chi connectivity index (χ0v) is 19.7. The van der Waals surface area contributed by atoms with Crippen LogP contribution in [0, 0.1) is 0 Å². The zero-order valence-electron chi connectivity index (χ0n) is 18.9. The van der Waals surface area contributed by atoms with Crippen LogP contribution < -0.4 is 4.90 Å². The fourth-order valence-electron chi connectivity index (χ4n) is 3.16. The van der Waals surface area contributed by atoms with E-state index in [9.17, 15) is 27.6 Å². The van der Waals surface area contributed by atoms with Crippen LogP contribution >= 0.6 is 11.8 Å². The molecule has 0 fully saturated rings. The molecule has 1 aliphatic heterocycles. The van der Waals surface area contributed by atoms with Crippen LogP contribution in [-0.2, 0) is 34.8 Å². The summed E-state index contributed by atoms with van der Waals surface area (Å²) in [6.45, 7) is -0.313. The van der Waals surface area contributed by atoms with Gasteiger partial charge in [-0.05, 0) is 42.0 Å². The van der Waals surface area contributed by atoms with Gasteiger partial charge in [-0.15, -0.1) is 0 Å². The molecule has 190 valence electrons. The number of hydrogen-bond donors (Lipinski definition) is 1. The Hall–Kier alpha value is -3.84. The third kappa shape index (κ3) is 6.23. The lowest BCUT2D eigenvalue weighted by atomic mass is 10.1. The quantitative estimate of drug-likeness (QED) is 0.424. The SMILES string of the molecule is COC(=O)C1=C(C(=O)OC)N(c2ccc(Sc3ccc(C(F)(F)F)cn3)c(C=CC(=O)O)c2)COC1. The second-order valence-corrected chi connectivity index (χ2v) is 8.16. The molecule has 1 aromatic heterocycles. The smallest absolute Gasteiger partial charge is 0.417 e. The van der Waals surface area contributed by atoms with E-state index in [2.05, 4.69) is 4.98 Å². The minimum absolute atomic E-state index is 0.0642. The van der Waals surface area contributed by atoms with Crippen LogP contribution in [-0.4, -0.2) is 55.6 Å². The largest absolute Gasteiger partial charge is 0.478 e. The van der Waals surface area contributed by atoms with Crippen LogP contribution in [0.15, 0.2) is 63.8 Å². The fraction of sp³-hybridized carbons (Fsp3) is 0.217. The number of halogens is 3. The van der Waals surface area contributed by atoms with Gasteiger partial charge in [0.05, 0.1) is 32.0 Å². The van der Waals surface area contributed by atoms with Crippen LogP contribution in [0.3, 0.4) is 0 Å². The summed E-state index contributed by atoms with van der Waals surface area (Å²) in [5, 5.41) is 9.33. The molecule has 0 unspecified atom stereocenters. The summed E-state index contributed by atoms with van der Waals surface area (Å²) in [7, 11) is 2.30. The van der Waals surface area contributed by atoms with Gasteiger partial charge in [-0.25, -0.2) is 19.4 Å². The van der Waals surface area contributed by atoms with Crippen LogP contribution in [0.4, 0.5) is 18.9 Å². The molecule has 36 heavy (non-hydrogen) atoms. The molecule has 0 saturated carbocycles. The predicted molar refractivity (Wildman–Crippen MR) is 121 cm³/mol. The number of rotatable bonds is 7. The van der Waals surface area contributed by atoms with E-state index in [1.807, 2.05) is 0 Å².